The number of imidazole rings is 1. The number of fused-ring (bicyclic) bond motifs is 1. The zero-order valence-corrected chi connectivity index (χ0v) is 11.8. The summed E-state index contributed by atoms with van der Waals surface area (Å²) in [7, 11) is 0. The van der Waals surface area contributed by atoms with Crippen LogP contribution in [-0.4, -0.2) is 26.1 Å². The van der Waals surface area contributed by atoms with Gasteiger partial charge in [-0.1, -0.05) is 0 Å². The highest BCUT2D eigenvalue weighted by molar-refractivity contribution is 7.18. The molecule has 0 spiro atoms. The number of hydrazine groups is 1. The fourth-order valence-electron chi connectivity index (χ4n) is 1.96. The molecule has 0 fully saturated rings. The molecule has 20 heavy (non-hydrogen) atoms. The van der Waals surface area contributed by atoms with Gasteiger partial charge < -0.3 is 9.88 Å². The first-order valence-corrected chi connectivity index (χ1v) is 7.02. The minimum absolute atomic E-state index is 0.421. The molecule has 104 valence electrons. The summed E-state index contributed by atoms with van der Waals surface area (Å²) in [6.45, 7) is 3.62. The van der Waals surface area contributed by atoms with Crippen molar-refractivity contribution in [3.63, 3.8) is 0 Å². The molecule has 0 aliphatic rings. The number of aryl methyl sites for hydroxylation is 1. The Morgan fingerprint density at radius 2 is 2.30 bits per heavy atom. The lowest BCUT2D eigenvalue weighted by atomic mass is 10.3. The molecule has 0 aromatic carbocycles. The van der Waals surface area contributed by atoms with E-state index in [1.807, 2.05) is 10.8 Å². The molecule has 0 saturated heterocycles. The molecule has 8 heteroatoms. The summed E-state index contributed by atoms with van der Waals surface area (Å²) in [5.74, 6) is 6.63. The molecule has 0 amide bonds. The van der Waals surface area contributed by atoms with Crippen molar-refractivity contribution in [2.75, 3.05) is 17.3 Å². The monoisotopic (exact) mass is 289 g/mol. The maximum absolute atomic E-state index is 5.41. The van der Waals surface area contributed by atoms with Gasteiger partial charge in [0, 0.05) is 30.4 Å². The Morgan fingerprint density at radius 3 is 3.05 bits per heavy atom. The number of aromatic nitrogens is 4. The highest BCUT2D eigenvalue weighted by Gasteiger charge is 2.09. The van der Waals surface area contributed by atoms with Gasteiger partial charge in [-0.2, -0.15) is 4.98 Å². The van der Waals surface area contributed by atoms with E-state index in [0.717, 1.165) is 29.1 Å². The van der Waals surface area contributed by atoms with Gasteiger partial charge in [-0.25, -0.2) is 15.8 Å². The normalized spacial score (nSPS) is 10.9. The summed E-state index contributed by atoms with van der Waals surface area (Å²) in [6.07, 6.45) is 5.49. The molecule has 0 bridgehead atoms. The summed E-state index contributed by atoms with van der Waals surface area (Å²) in [6, 6.07) is 2.08. The van der Waals surface area contributed by atoms with Crippen LogP contribution in [0.4, 0.5) is 11.8 Å². The first-order chi connectivity index (χ1) is 9.76. The lowest BCUT2D eigenvalue weighted by molar-refractivity contribution is 0.726. The Hall–Kier alpha value is -2.19. The van der Waals surface area contributed by atoms with Crippen LogP contribution in [-0.2, 0) is 6.54 Å². The second kappa shape index (κ2) is 5.43. The number of thiophene rings is 1. The number of hydrogen-bond acceptors (Lipinski definition) is 7. The molecule has 0 aliphatic carbocycles. The van der Waals surface area contributed by atoms with Gasteiger partial charge >= 0.3 is 0 Å². The van der Waals surface area contributed by atoms with Gasteiger partial charge in [-0.05, 0) is 13.0 Å². The molecule has 0 aliphatic heterocycles. The first-order valence-electron chi connectivity index (χ1n) is 6.20. The van der Waals surface area contributed by atoms with Crippen molar-refractivity contribution in [3.05, 3.63) is 29.7 Å². The Balaban J connectivity index is 1.81. The molecule has 3 aromatic heterocycles. The lowest BCUT2D eigenvalue weighted by Gasteiger charge is -2.08. The minimum atomic E-state index is 0.421. The van der Waals surface area contributed by atoms with E-state index in [-0.39, 0.29) is 0 Å². The summed E-state index contributed by atoms with van der Waals surface area (Å²) in [5.41, 5.74) is 2.50. The predicted octanol–water partition coefficient (Wildman–Crippen LogP) is 1.59. The largest absolute Gasteiger partial charge is 0.368 e. The molecule has 0 unspecified atom stereocenters. The Labute approximate surface area is 119 Å². The minimum Gasteiger partial charge on any atom is -0.368 e. The number of anilines is 2. The summed E-state index contributed by atoms with van der Waals surface area (Å²) in [5, 5.41) is 4.35. The number of hydrogen-bond donors (Lipinski definition) is 3. The molecule has 0 atom stereocenters. The van der Waals surface area contributed by atoms with Crippen molar-refractivity contribution in [1.82, 2.24) is 19.5 Å². The summed E-state index contributed by atoms with van der Waals surface area (Å²) >= 11 is 1.63. The zero-order valence-electron chi connectivity index (χ0n) is 11.0. The quantitative estimate of drug-likeness (QED) is 0.488. The van der Waals surface area contributed by atoms with Crippen LogP contribution in [0.3, 0.4) is 0 Å². The average Bonchev–Trinajstić information content (AvgIpc) is 3.06. The van der Waals surface area contributed by atoms with E-state index in [9.17, 15) is 0 Å². The van der Waals surface area contributed by atoms with Crippen LogP contribution in [0.5, 0.6) is 0 Å². The van der Waals surface area contributed by atoms with E-state index in [0.29, 0.717) is 5.95 Å². The van der Waals surface area contributed by atoms with Gasteiger partial charge in [0.25, 0.3) is 0 Å². The number of rotatable bonds is 5. The third-order valence-corrected chi connectivity index (χ3v) is 3.81. The molecule has 7 nitrogen and oxygen atoms in total. The van der Waals surface area contributed by atoms with Crippen LogP contribution in [0.15, 0.2) is 24.8 Å². The van der Waals surface area contributed by atoms with E-state index in [1.54, 1.807) is 23.9 Å². The molecular formula is C12H15N7S. The van der Waals surface area contributed by atoms with Crippen LogP contribution >= 0.6 is 11.3 Å². The highest BCUT2D eigenvalue weighted by atomic mass is 32.1. The van der Waals surface area contributed by atoms with E-state index < -0.39 is 0 Å². The lowest BCUT2D eigenvalue weighted by Crippen LogP contribution is -2.14. The highest BCUT2D eigenvalue weighted by Crippen LogP contribution is 2.29. The van der Waals surface area contributed by atoms with E-state index in [1.165, 1.54) is 4.88 Å². The Bertz CT molecular complexity index is 704. The SMILES string of the molecule is Cc1cc2c(NCCn3ccnc3)nc(NN)nc2s1. The maximum Gasteiger partial charge on any atom is 0.240 e. The molecule has 0 radical (unpaired) electrons. The van der Waals surface area contributed by atoms with Crippen LogP contribution in [0.2, 0.25) is 0 Å². The first kappa shape index (κ1) is 12.8. The smallest absolute Gasteiger partial charge is 0.240 e. The van der Waals surface area contributed by atoms with Crippen molar-refractivity contribution in [3.8, 4) is 0 Å². The third-order valence-electron chi connectivity index (χ3n) is 2.87. The molecule has 3 rings (SSSR count). The van der Waals surface area contributed by atoms with E-state index in [4.69, 9.17) is 5.84 Å². The standard InChI is InChI=1S/C12H15N7S/c1-8-6-9-10(15-3-5-19-4-2-14-7-19)16-12(18-13)17-11(9)20-8/h2,4,6-7H,3,5,13H2,1H3,(H2,15,16,17,18). The number of nitrogens with zero attached hydrogens (tertiary/aromatic N) is 4. The molecule has 0 saturated carbocycles. The number of nitrogens with one attached hydrogen (secondary N) is 2. The van der Waals surface area contributed by atoms with Crippen LogP contribution in [0.25, 0.3) is 10.2 Å². The molecule has 3 heterocycles. The fourth-order valence-corrected chi connectivity index (χ4v) is 2.84. The van der Waals surface area contributed by atoms with Crippen molar-refractivity contribution >= 4 is 33.3 Å². The van der Waals surface area contributed by atoms with Gasteiger partial charge in [0.2, 0.25) is 5.95 Å². The summed E-state index contributed by atoms with van der Waals surface area (Å²) < 4.78 is 2.01. The van der Waals surface area contributed by atoms with E-state index >= 15 is 0 Å². The molecular weight excluding hydrogens is 274 g/mol. The number of nitrogens with two attached hydrogens (primary N) is 1. The van der Waals surface area contributed by atoms with E-state index in [2.05, 4.69) is 38.7 Å². The van der Waals surface area contributed by atoms with Gasteiger partial charge in [0.1, 0.15) is 10.6 Å². The van der Waals surface area contributed by atoms with Crippen LogP contribution in [0.1, 0.15) is 4.88 Å². The molecule has 3 aromatic rings. The predicted molar refractivity (Wildman–Crippen MR) is 80.7 cm³/mol. The van der Waals surface area contributed by atoms with Gasteiger partial charge in [0.15, 0.2) is 0 Å². The van der Waals surface area contributed by atoms with Gasteiger partial charge in [0.05, 0.1) is 11.7 Å². The third kappa shape index (κ3) is 2.56. The topological polar surface area (TPSA) is 93.7 Å². The van der Waals surface area contributed by atoms with Crippen LogP contribution in [0, 0.1) is 6.92 Å². The van der Waals surface area contributed by atoms with Crippen molar-refractivity contribution in [1.29, 1.82) is 0 Å². The van der Waals surface area contributed by atoms with Gasteiger partial charge in [-0.15, -0.1) is 11.3 Å². The fraction of sp³-hybridized carbons (Fsp3) is 0.250. The number of nitrogen functional groups attached to an aromatic ring is 1. The van der Waals surface area contributed by atoms with Crippen molar-refractivity contribution < 1.29 is 0 Å². The summed E-state index contributed by atoms with van der Waals surface area (Å²) in [4.78, 5) is 14.9. The Morgan fingerprint density at radius 1 is 1.40 bits per heavy atom. The zero-order chi connectivity index (χ0) is 13.9. The second-order valence-electron chi connectivity index (χ2n) is 4.34. The van der Waals surface area contributed by atoms with Crippen LogP contribution < -0.4 is 16.6 Å². The Kier molecular flexibility index (Phi) is 3.48. The molecule has 4 N–H and O–H groups in total. The van der Waals surface area contributed by atoms with Crippen molar-refractivity contribution in [2.24, 2.45) is 5.84 Å². The average molecular weight is 289 g/mol. The van der Waals surface area contributed by atoms with Crippen molar-refractivity contribution in [2.45, 2.75) is 13.5 Å². The second-order valence-corrected chi connectivity index (χ2v) is 5.58. The van der Waals surface area contributed by atoms with Gasteiger partial charge in [-0.3, -0.25) is 5.43 Å². The maximum atomic E-state index is 5.41.